The number of rotatable bonds is 4. The Balaban J connectivity index is 2.76. The Kier molecular flexibility index (Phi) is 3.00. The summed E-state index contributed by atoms with van der Waals surface area (Å²) in [5.41, 5.74) is -0.504. The molecular formula is C8H11FN2O2. The van der Waals surface area contributed by atoms with Gasteiger partial charge in [0, 0.05) is 6.54 Å². The molecule has 0 saturated heterocycles. The standard InChI is InChI=1S/C8H11FN2O2/c1-2-3-4-11-5-6(9)7(10-11)8(12)13/h5H,2-4H2,1H3,(H,12,13). The van der Waals surface area contributed by atoms with E-state index in [1.807, 2.05) is 6.92 Å². The number of aryl methyl sites for hydroxylation is 1. The summed E-state index contributed by atoms with van der Waals surface area (Å²) < 4.78 is 14.1. The molecule has 0 bridgehead atoms. The van der Waals surface area contributed by atoms with Gasteiger partial charge in [0.25, 0.3) is 0 Å². The lowest BCUT2D eigenvalue weighted by Crippen LogP contribution is -2.03. The number of carboxylic acid groups (broad SMARTS) is 1. The van der Waals surface area contributed by atoms with Crippen molar-refractivity contribution >= 4 is 5.97 Å². The first-order valence-corrected chi connectivity index (χ1v) is 4.11. The van der Waals surface area contributed by atoms with E-state index in [-0.39, 0.29) is 0 Å². The third kappa shape index (κ3) is 2.27. The number of hydrogen-bond acceptors (Lipinski definition) is 2. The second-order valence-corrected chi connectivity index (χ2v) is 2.75. The Morgan fingerprint density at radius 3 is 2.92 bits per heavy atom. The second kappa shape index (κ2) is 4.02. The molecule has 1 aromatic heterocycles. The SMILES string of the molecule is CCCCn1cc(F)c(C(=O)O)n1. The van der Waals surface area contributed by atoms with Gasteiger partial charge in [-0.3, -0.25) is 4.68 Å². The molecule has 0 fully saturated rings. The fraction of sp³-hybridized carbons (Fsp3) is 0.500. The van der Waals surface area contributed by atoms with Crippen LogP contribution in [-0.2, 0) is 6.54 Å². The van der Waals surface area contributed by atoms with Crippen LogP contribution >= 0.6 is 0 Å². The summed E-state index contributed by atoms with van der Waals surface area (Å²) >= 11 is 0. The Morgan fingerprint density at radius 1 is 1.77 bits per heavy atom. The molecule has 1 N–H and O–H groups in total. The Labute approximate surface area is 75.0 Å². The lowest BCUT2D eigenvalue weighted by atomic mass is 10.3. The van der Waals surface area contributed by atoms with Gasteiger partial charge in [-0.15, -0.1) is 0 Å². The van der Waals surface area contributed by atoms with Crippen molar-refractivity contribution in [2.24, 2.45) is 0 Å². The van der Waals surface area contributed by atoms with Gasteiger partial charge in [0.15, 0.2) is 5.82 Å². The fourth-order valence-electron chi connectivity index (χ4n) is 0.977. The Hall–Kier alpha value is -1.39. The molecule has 0 aliphatic rings. The van der Waals surface area contributed by atoms with E-state index in [1.54, 1.807) is 0 Å². The van der Waals surface area contributed by atoms with Crippen molar-refractivity contribution in [1.82, 2.24) is 9.78 Å². The zero-order valence-corrected chi connectivity index (χ0v) is 7.33. The van der Waals surface area contributed by atoms with Crippen LogP contribution in [0, 0.1) is 5.82 Å². The average molecular weight is 186 g/mol. The summed E-state index contributed by atoms with van der Waals surface area (Å²) in [5.74, 6) is -2.10. The van der Waals surface area contributed by atoms with Crippen molar-refractivity contribution in [3.63, 3.8) is 0 Å². The van der Waals surface area contributed by atoms with Crippen molar-refractivity contribution in [2.45, 2.75) is 26.3 Å². The van der Waals surface area contributed by atoms with Crippen molar-refractivity contribution < 1.29 is 14.3 Å². The molecule has 0 aliphatic carbocycles. The highest BCUT2D eigenvalue weighted by Crippen LogP contribution is 2.05. The van der Waals surface area contributed by atoms with Crippen LogP contribution in [0.25, 0.3) is 0 Å². The molecule has 0 radical (unpaired) electrons. The first-order chi connectivity index (χ1) is 6.15. The van der Waals surface area contributed by atoms with Crippen LogP contribution in [0.1, 0.15) is 30.3 Å². The van der Waals surface area contributed by atoms with E-state index in [9.17, 15) is 9.18 Å². The number of carboxylic acids is 1. The molecule has 1 aromatic rings. The molecule has 0 unspecified atom stereocenters. The highest BCUT2D eigenvalue weighted by molar-refractivity contribution is 5.85. The van der Waals surface area contributed by atoms with E-state index in [0.29, 0.717) is 6.54 Å². The third-order valence-electron chi connectivity index (χ3n) is 1.66. The number of unbranched alkanes of at least 4 members (excludes halogenated alkanes) is 1. The van der Waals surface area contributed by atoms with Crippen molar-refractivity contribution in [3.8, 4) is 0 Å². The van der Waals surface area contributed by atoms with Gasteiger partial charge in [0.2, 0.25) is 5.69 Å². The maximum absolute atomic E-state index is 12.8. The van der Waals surface area contributed by atoms with Crippen LogP contribution in [0.5, 0.6) is 0 Å². The van der Waals surface area contributed by atoms with E-state index in [0.717, 1.165) is 19.0 Å². The van der Waals surface area contributed by atoms with E-state index < -0.39 is 17.5 Å². The molecule has 0 aliphatic heterocycles. The zero-order chi connectivity index (χ0) is 9.84. The third-order valence-corrected chi connectivity index (χ3v) is 1.66. The van der Waals surface area contributed by atoms with Gasteiger partial charge >= 0.3 is 5.97 Å². The molecule has 0 atom stereocenters. The molecule has 0 spiro atoms. The zero-order valence-electron chi connectivity index (χ0n) is 7.33. The Bertz CT molecular complexity index is 309. The fourth-order valence-corrected chi connectivity index (χ4v) is 0.977. The van der Waals surface area contributed by atoms with Gasteiger partial charge in [0.05, 0.1) is 6.20 Å². The number of aromatic carboxylic acids is 1. The predicted octanol–water partition coefficient (Wildman–Crippen LogP) is 1.52. The molecular weight excluding hydrogens is 175 g/mol. The number of carbonyl (C=O) groups is 1. The lowest BCUT2D eigenvalue weighted by Gasteiger charge is -1.96. The lowest BCUT2D eigenvalue weighted by molar-refractivity contribution is 0.0684. The predicted molar refractivity (Wildman–Crippen MR) is 44.1 cm³/mol. The van der Waals surface area contributed by atoms with Gasteiger partial charge in [-0.2, -0.15) is 5.10 Å². The summed E-state index contributed by atoms with van der Waals surface area (Å²) in [7, 11) is 0. The van der Waals surface area contributed by atoms with Crippen LogP contribution in [0.15, 0.2) is 6.20 Å². The highest BCUT2D eigenvalue weighted by atomic mass is 19.1. The van der Waals surface area contributed by atoms with Crippen LogP contribution < -0.4 is 0 Å². The largest absolute Gasteiger partial charge is 0.476 e. The van der Waals surface area contributed by atoms with E-state index in [2.05, 4.69) is 5.10 Å². The minimum Gasteiger partial charge on any atom is -0.476 e. The van der Waals surface area contributed by atoms with E-state index in [4.69, 9.17) is 5.11 Å². The first kappa shape index (κ1) is 9.70. The van der Waals surface area contributed by atoms with Crippen LogP contribution in [-0.4, -0.2) is 20.9 Å². The molecule has 0 saturated carbocycles. The van der Waals surface area contributed by atoms with Gasteiger partial charge in [-0.05, 0) is 6.42 Å². The quantitative estimate of drug-likeness (QED) is 0.775. The number of hydrogen-bond donors (Lipinski definition) is 1. The first-order valence-electron chi connectivity index (χ1n) is 4.11. The highest BCUT2D eigenvalue weighted by Gasteiger charge is 2.14. The van der Waals surface area contributed by atoms with Gasteiger partial charge in [-0.1, -0.05) is 13.3 Å². The summed E-state index contributed by atoms with van der Waals surface area (Å²) in [6, 6.07) is 0. The number of nitrogens with zero attached hydrogens (tertiary/aromatic N) is 2. The minimum absolute atomic E-state index is 0.504. The van der Waals surface area contributed by atoms with Crippen molar-refractivity contribution in [2.75, 3.05) is 0 Å². The molecule has 72 valence electrons. The summed E-state index contributed by atoms with van der Waals surface area (Å²) in [6.07, 6.45) is 2.93. The molecule has 5 heteroatoms. The molecule has 0 aromatic carbocycles. The molecule has 4 nitrogen and oxygen atoms in total. The van der Waals surface area contributed by atoms with Crippen LogP contribution in [0.4, 0.5) is 4.39 Å². The number of halogens is 1. The normalized spacial score (nSPS) is 10.3. The summed E-state index contributed by atoms with van der Waals surface area (Å²) in [5, 5.41) is 12.1. The van der Waals surface area contributed by atoms with Crippen molar-refractivity contribution in [1.29, 1.82) is 0 Å². The number of aromatic nitrogens is 2. The van der Waals surface area contributed by atoms with Crippen LogP contribution in [0.3, 0.4) is 0 Å². The molecule has 1 rings (SSSR count). The maximum Gasteiger partial charge on any atom is 0.359 e. The van der Waals surface area contributed by atoms with Gasteiger partial charge in [0.1, 0.15) is 0 Å². The molecule has 1 heterocycles. The molecule has 13 heavy (non-hydrogen) atoms. The van der Waals surface area contributed by atoms with Crippen molar-refractivity contribution in [3.05, 3.63) is 17.7 Å². The van der Waals surface area contributed by atoms with Gasteiger partial charge < -0.3 is 5.11 Å². The monoisotopic (exact) mass is 186 g/mol. The minimum atomic E-state index is -1.33. The second-order valence-electron chi connectivity index (χ2n) is 2.75. The summed E-state index contributed by atoms with van der Waals surface area (Å²) in [4.78, 5) is 10.4. The topological polar surface area (TPSA) is 55.1 Å². The smallest absolute Gasteiger partial charge is 0.359 e. The van der Waals surface area contributed by atoms with Crippen LogP contribution in [0.2, 0.25) is 0 Å². The maximum atomic E-state index is 12.8. The van der Waals surface area contributed by atoms with Gasteiger partial charge in [-0.25, -0.2) is 9.18 Å². The van der Waals surface area contributed by atoms with E-state index in [1.165, 1.54) is 4.68 Å². The molecule has 0 amide bonds. The van der Waals surface area contributed by atoms with E-state index >= 15 is 0 Å². The summed E-state index contributed by atoms with van der Waals surface area (Å²) in [6.45, 7) is 2.55. The average Bonchev–Trinajstić information content (AvgIpc) is 2.43. The Morgan fingerprint density at radius 2 is 2.46 bits per heavy atom.